The van der Waals surface area contributed by atoms with Crippen molar-refractivity contribution in [2.24, 2.45) is 0 Å². The van der Waals surface area contributed by atoms with E-state index >= 15 is 0 Å². The number of aromatic carboxylic acids is 2. The van der Waals surface area contributed by atoms with E-state index < -0.39 is 22.8 Å². The van der Waals surface area contributed by atoms with Crippen LogP contribution in [0.15, 0.2) is 27.8 Å². The van der Waals surface area contributed by atoms with Gasteiger partial charge in [0.1, 0.15) is 17.1 Å². The minimum atomic E-state index is -1.36. The first kappa shape index (κ1) is 17.2. The van der Waals surface area contributed by atoms with Gasteiger partial charge in [-0.15, -0.1) is 0 Å². The second-order valence-corrected chi connectivity index (χ2v) is 5.60. The molecule has 3 aromatic rings. The Morgan fingerprint density at radius 1 is 0.962 bits per heavy atom. The molecule has 3 rings (SSSR count). The molecule has 0 saturated carbocycles. The molecule has 2 aromatic heterocycles. The van der Waals surface area contributed by atoms with E-state index in [0.717, 1.165) is 12.1 Å². The van der Waals surface area contributed by atoms with E-state index in [1.165, 1.54) is 6.07 Å². The first-order valence-electron chi connectivity index (χ1n) is 7.70. The summed E-state index contributed by atoms with van der Waals surface area (Å²) < 4.78 is 5.57. The van der Waals surface area contributed by atoms with Crippen molar-refractivity contribution < 1.29 is 24.5 Å². The molecule has 0 aliphatic heterocycles. The Morgan fingerprint density at radius 2 is 1.54 bits per heavy atom. The van der Waals surface area contributed by atoms with Gasteiger partial charge in [0.15, 0.2) is 10.9 Å². The topological polar surface area (TPSA) is 150 Å². The van der Waals surface area contributed by atoms with Gasteiger partial charge in [-0.2, -0.15) is 0 Å². The Kier molecular flexibility index (Phi) is 4.21. The molecule has 0 fully saturated rings. The van der Waals surface area contributed by atoms with Gasteiger partial charge in [-0.05, 0) is 12.5 Å². The summed E-state index contributed by atoms with van der Waals surface area (Å²) in [5, 5.41) is 18.3. The second kappa shape index (κ2) is 6.36. The number of H-pyrrole nitrogens is 2. The quantitative estimate of drug-likeness (QED) is 0.505. The molecule has 2 heterocycles. The van der Waals surface area contributed by atoms with Crippen LogP contribution in [-0.2, 0) is 0 Å². The van der Waals surface area contributed by atoms with E-state index in [4.69, 9.17) is 14.9 Å². The lowest BCUT2D eigenvalue weighted by Crippen LogP contribution is -2.15. The van der Waals surface area contributed by atoms with E-state index in [-0.39, 0.29) is 45.6 Å². The van der Waals surface area contributed by atoms with Gasteiger partial charge in [0.25, 0.3) is 0 Å². The van der Waals surface area contributed by atoms with Crippen LogP contribution in [0.5, 0.6) is 5.75 Å². The van der Waals surface area contributed by atoms with Crippen molar-refractivity contribution in [1.82, 2.24) is 9.97 Å². The van der Waals surface area contributed by atoms with E-state index in [2.05, 4.69) is 9.97 Å². The number of fused-ring (bicyclic) bond motifs is 3. The Morgan fingerprint density at radius 3 is 2.12 bits per heavy atom. The van der Waals surface area contributed by atoms with Crippen molar-refractivity contribution in [1.29, 1.82) is 0 Å². The molecule has 9 heteroatoms. The number of benzene rings is 1. The number of hydrogen-bond acceptors (Lipinski definition) is 5. The maximum absolute atomic E-state index is 12.5. The predicted octanol–water partition coefficient (Wildman–Crippen LogP) is 1.55. The summed E-state index contributed by atoms with van der Waals surface area (Å²) in [7, 11) is 0. The minimum Gasteiger partial charge on any atom is -0.491 e. The molecule has 0 bridgehead atoms. The smallest absolute Gasteiger partial charge is 0.352 e. The molecule has 0 amide bonds. The molecule has 0 spiro atoms. The number of carboxylic acid groups (broad SMARTS) is 2. The molecule has 0 aliphatic carbocycles. The summed E-state index contributed by atoms with van der Waals surface area (Å²) in [5.74, 6) is -2.55. The number of carboxylic acids is 2. The molecule has 0 atom stereocenters. The van der Waals surface area contributed by atoms with Gasteiger partial charge in [0, 0.05) is 12.1 Å². The number of hydrogen-bond donors (Lipinski definition) is 4. The van der Waals surface area contributed by atoms with Gasteiger partial charge >= 0.3 is 11.9 Å². The Bertz CT molecular complexity index is 1170. The highest BCUT2D eigenvalue weighted by molar-refractivity contribution is 6.08. The normalized spacial score (nSPS) is 11.0. The van der Waals surface area contributed by atoms with Gasteiger partial charge in [0.2, 0.25) is 0 Å². The minimum absolute atomic E-state index is 0.00642. The van der Waals surface area contributed by atoms with E-state index in [1.54, 1.807) is 0 Å². The van der Waals surface area contributed by atoms with Gasteiger partial charge in [-0.1, -0.05) is 6.92 Å². The summed E-state index contributed by atoms with van der Waals surface area (Å²) in [4.78, 5) is 52.5. The maximum atomic E-state index is 12.5. The average Bonchev–Trinajstić information content (AvgIpc) is 2.59. The zero-order chi connectivity index (χ0) is 19.0. The second-order valence-electron chi connectivity index (χ2n) is 5.60. The van der Waals surface area contributed by atoms with Crippen molar-refractivity contribution in [2.75, 3.05) is 6.61 Å². The number of nitrogens with one attached hydrogen (secondary N) is 2. The molecule has 26 heavy (non-hydrogen) atoms. The Balaban J connectivity index is 2.53. The average molecular weight is 358 g/mol. The Hall–Kier alpha value is -3.62. The number of aromatic amines is 2. The summed E-state index contributed by atoms with van der Waals surface area (Å²) in [5.41, 5.74) is -1.92. The van der Waals surface area contributed by atoms with Crippen LogP contribution >= 0.6 is 0 Å². The van der Waals surface area contributed by atoms with Crippen LogP contribution in [0, 0.1) is 0 Å². The highest BCUT2D eigenvalue weighted by Gasteiger charge is 2.18. The largest absolute Gasteiger partial charge is 0.491 e. The van der Waals surface area contributed by atoms with Crippen LogP contribution in [0.1, 0.15) is 34.3 Å². The van der Waals surface area contributed by atoms with Crippen LogP contribution in [-0.4, -0.2) is 38.7 Å². The lowest BCUT2D eigenvalue weighted by molar-refractivity contribution is 0.0680. The third-order valence-corrected chi connectivity index (χ3v) is 3.80. The summed E-state index contributed by atoms with van der Waals surface area (Å²) in [6.07, 6.45) is 0.649. The monoisotopic (exact) mass is 358 g/mol. The number of aromatic nitrogens is 2. The molecule has 134 valence electrons. The van der Waals surface area contributed by atoms with Crippen molar-refractivity contribution in [2.45, 2.75) is 13.3 Å². The van der Waals surface area contributed by atoms with Crippen molar-refractivity contribution >= 4 is 33.7 Å². The predicted molar refractivity (Wildman–Crippen MR) is 92.4 cm³/mol. The lowest BCUT2D eigenvalue weighted by atomic mass is 10.1. The van der Waals surface area contributed by atoms with Crippen molar-refractivity contribution in [3.8, 4) is 5.75 Å². The first-order valence-corrected chi connectivity index (χ1v) is 7.70. The number of pyridine rings is 2. The number of rotatable bonds is 5. The van der Waals surface area contributed by atoms with Crippen LogP contribution in [0.2, 0.25) is 0 Å². The van der Waals surface area contributed by atoms with Crippen molar-refractivity contribution in [3.05, 3.63) is 50.0 Å². The SMILES string of the molecule is CCCOc1cc2c(=O)cc(C(=O)O)[nH]c2c2c(=O)cc(C(=O)O)[nH]c12. The van der Waals surface area contributed by atoms with Crippen molar-refractivity contribution in [3.63, 3.8) is 0 Å². The van der Waals surface area contributed by atoms with Gasteiger partial charge < -0.3 is 24.9 Å². The molecule has 0 radical (unpaired) electrons. The first-order chi connectivity index (χ1) is 12.3. The fraction of sp³-hybridized carbons (Fsp3) is 0.176. The molecule has 4 N–H and O–H groups in total. The fourth-order valence-corrected chi connectivity index (χ4v) is 2.66. The molecule has 0 unspecified atom stereocenters. The molecule has 1 aromatic carbocycles. The molecular weight excluding hydrogens is 344 g/mol. The standard InChI is InChI=1S/C17H14N2O7/c1-2-3-26-12-4-7-10(20)5-8(16(22)23)18-14(7)13-11(21)6-9(17(24)25)19-15(12)13/h4-6H,2-3H2,1H3,(H,18,20)(H,19,21)(H,22,23)(H,24,25). The van der Waals surface area contributed by atoms with Gasteiger partial charge in [0.05, 0.1) is 28.4 Å². The number of carbonyl (C=O) groups is 2. The van der Waals surface area contributed by atoms with E-state index in [0.29, 0.717) is 6.42 Å². The molecule has 0 saturated heterocycles. The Labute approximate surface area is 144 Å². The third kappa shape index (κ3) is 2.79. The summed E-state index contributed by atoms with van der Waals surface area (Å²) >= 11 is 0. The fourth-order valence-electron chi connectivity index (χ4n) is 2.66. The highest BCUT2D eigenvalue weighted by Crippen LogP contribution is 2.28. The maximum Gasteiger partial charge on any atom is 0.352 e. The van der Waals surface area contributed by atoms with Crippen LogP contribution in [0.25, 0.3) is 21.8 Å². The van der Waals surface area contributed by atoms with Crippen LogP contribution < -0.4 is 15.6 Å². The molecule has 9 nitrogen and oxygen atoms in total. The zero-order valence-electron chi connectivity index (χ0n) is 13.6. The molecular formula is C17H14N2O7. The highest BCUT2D eigenvalue weighted by atomic mass is 16.5. The van der Waals surface area contributed by atoms with Crippen LogP contribution in [0.3, 0.4) is 0 Å². The summed E-state index contributed by atoms with van der Waals surface area (Å²) in [6, 6.07) is 3.15. The molecule has 0 aliphatic rings. The van der Waals surface area contributed by atoms with E-state index in [9.17, 15) is 19.2 Å². The zero-order valence-corrected chi connectivity index (χ0v) is 13.6. The summed E-state index contributed by atoms with van der Waals surface area (Å²) in [6.45, 7) is 2.14. The van der Waals surface area contributed by atoms with E-state index in [1.807, 2.05) is 6.92 Å². The van der Waals surface area contributed by atoms with Gasteiger partial charge in [-0.3, -0.25) is 9.59 Å². The number of ether oxygens (including phenoxy) is 1. The third-order valence-electron chi connectivity index (χ3n) is 3.80. The lowest BCUT2D eigenvalue weighted by Gasteiger charge is -2.12. The van der Waals surface area contributed by atoms with Gasteiger partial charge in [-0.25, -0.2) is 9.59 Å². The van der Waals surface area contributed by atoms with Crippen LogP contribution in [0.4, 0.5) is 0 Å².